The Morgan fingerprint density at radius 3 is 2.23 bits per heavy atom. The summed E-state index contributed by atoms with van der Waals surface area (Å²) in [4.78, 5) is 12.9. The van der Waals surface area contributed by atoms with Crippen molar-refractivity contribution in [2.45, 2.75) is 6.92 Å². The molecule has 0 saturated carbocycles. The fraction of sp³-hybridized carbons (Fsp3) is 0.875. The first-order valence-corrected chi connectivity index (χ1v) is 4.52. The van der Waals surface area contributed by atoms with E-state index in [2.05, 4.69) is 0 Å². The molecule has 0 aliphatic rings. The molecule has 0 atom stereocenters. The van der Waals surface area contributed by atoms with Crippen LogP contribution in [-0.4, -0.2) is 50.2 Å². The highest BCUT2D eigenvalue weighted by atomic mass is 16.5. The van der Waals surface area contributed by atoms with Crippen molar-refractivity contribution >= 4 is 5.97 Å². The Kier molecular flexibility index (Phi) is 7.57. The first-order chi connectivity index (χ1) is 6.24. The van der Waals surface area contributed by atoms with E-state index in [0.29, 0.717) is 32.8 Å². The van der Waals surface area contributed by atoms with Crippen molar-refractivity contribution in [1.29, 1.82) is 0 Å². The number of carbonyl (C=O) groups is 1. The lowest BCUT2D eigenvalue weighted by Gasteiger charge is -2.18. The van der Waals surface area contributed by atoms with Crippen molar-refractivity contribution < 1.29 is 9.53 Å². The molecular formula is C8H19N3O2. The topological polar surface area (TPSA) is 81.6 Å². The van der Waals surface area contributed by atoms with Crippen LogP contribution in [0.25, 0.3) is 0 Å². The zero-order valence-electron chi connectivity index (χ0n) is 8.16. The average molecular weight is 189 g/mol. The van der Waals surface area contributed by atoms with Crippen molar-refractivity contribution in [2.75, 3.05) is 39.3 Å². The molecule has 0 radical (unpaired) electrons. The minimum atomic E-state index is -0.218. The number of hydrogen-bond acceptors (Lipinski definition) is 5. The van der Waals surface area contributed by atoms with Gasteiger partial charge in [-0.05, 0) is 6.92 Å². The van der Waals surface area contributed by atoms with Crippen LogP contribution in [0.4, 0.5) is 0 Å². The Bertz CT molecular complexity index is 135. The molecule has 0 unspecified atom stereocenters. The van der Waals surface area contributed by atoms with Gasteiger partial charge in [0.25, 0.3) is 0 Å². The zero-order valence-corrected chi connectivity index (χ0v) is 8.16. The second kappa shape index (κ2) is 7.97. The second-order valence-corrected chi connectivity index (χ2v) is 2.66. The van der Waals surface area contributed by atoms with Gasteiger partial charge in [0.05, 0.1) is 13.2 Å². The molecule has 0 amide bonds. The molecular weight excluding hydrogens is 170 g/mol. The number of rotatable bonds is 7. The number of hydrogen-bond donors (Lipinski definition) is 2. The fourth-order valence-electron chi connectivity index (χ4n) is 1.02. The lowest BCUT2D eigenvalue weighted by atomic mass is 10.4. The Morgan fingerprint density at radius 2 is 1.85 bits per heavy atom. The number of nitrogens with two attached hydrogens (primary N) is 2. The van der Waals surface area contributed by atoms with Crippen LogP contribution in [0.1, 0.15) is 6.92 Å². The fourth-order valence-corrected chi connectivity index (χ4v) is 1.02. The van der Waals surface area contributed by atoms with Crippen molar-refractivity contribution in [3.05, 3.63) is 0 Å². The maximum absolute atomic E-state index is 11.1. The van der Waals surface area contributed by atoms with Gasteiger partial charge in [-0.2, -0.15) is 0 Å². The summed E-state index contributed by atoms with van der Waals surface area (Å²) in [6.45, 7) is 4.89. The predicted octanol–water partition coefficient (Wildman–Crippen LogP) is -1.23. The van der Waals surface area contributed by atoms with E-state index in [9.17, 15) is 4.79 Å². The molecule has 0 aliphatic heterocycles. The molecule has 0 aliphatic carbocycles. The molecule has 78 valence electrons. The molecule has 0 aromatic heterocycles. The van der Waals surface area contributed by atoms with E-state index in [0.717, 1.165) is 0 Å². The van der Waals surface area contributed by atoms with E-state index >= 15 is 0 Å². The lowest BCUT2D eigenvalue weighted by Crippen LogP contribution is -2.38. The highest BCUT2D eigenvalue weighted by molar-refractivity contribution is 5.71. The summed E-state index contributed by atoms with van der Waals surface area (Å²) in [5.74, 6) is -0.218. The number of ether oxygens (including phenoxy) is 1. The summed E-state index contributed by atoms with van der Waals surface area (Å²) >= 11 is 0. The van der Waals surface area contributed by atoms with Gasteiger partial charge in [0.1, 0.15) is 0 Å². The summed E-state index contributed by atoms with van der Waals surface area (Å²) in [6.07, 6.45) is 0. The van der Waals surface area contributed by atoms with Gasteiger partial charge < -0.3 is 16.2 Å². The van der Waals surface area contributed by atoms with Gasteiger partial charge in [-0.25, -0.2) is 0 Å². The van der Waals surface area contributed by atoms with Crippen LogP contribution in [0.5, 0.6) is 0 Å². The average Bonchev–Trinajstić information content (AvgIpc) is 2.05. The van der Waals surface area contributed by atoms with Gasteiger partial charge >= 0.3 is 5.97 Å². The molecule has 0 spiro atoms. The first kappa shape index (κ1) is 12.3. The molecule has 0 aromatic rings. The summed E-state index contributed by atoms with van der Waals surface area (Å²) in [5, 5.41) is 0. The predicted molar refractivity (Wildman–Crippen MR) is 51.2 cm³/mol. The summed E-state index contributed by atoms with van der Waals surface area (Å²) in [7, 11) is 0. The standard InChI is InChI=1S/C8H19N3O2/c1-2-13-8(12)7-11(5-3-9)6-4-10/h2-7,9-10H2,1H3. The summed E-state index contributed by atoms with van der Waals surface area (Å²) in [5.41, 5.74) is 10.7. The van der Waals surface area contributed by atoms with Crippen LogP contribution < -0.4 is 11.5 Å². The van der Waals surface area contributed by atoms with Gasteiger partial charge in [-0.15, -0.1) is 0 Å². The van der Waals surface area contributed by atoms with Gasteiger partial charge in [0, 0.05) is 26.2 Å². The van der Waals surface area contributed by atoms with Gasteiger partial charge in [-0.3, -0.25) is 9.69 Å². The third-order valence-electron chi connectivity index (χ3n) is 1.55. The van der Waals surface area contributed by atoms with Gasteiger partial charge in [0.15, 0.2) is 0 Å². The zero-order chi connectivity index (χ0) is 10.1. The van der Waals surface area contributed by atoms with E-state index in [1.54, 1.807) is 6.92 Å². The van der Waals surface area contributed by atoms with Crippen LogP contribution in [0.3, 0.4) is 0 Å². The van der Waals surface area contributed by atoms with E-state index in [1.165, 1.54) is 0 Å². The third-order valence-corrected chi connectivity index (χ3v) is 1.55. The minimum Gasteiger partial charge on any atom is -0.465 e. The largest absolute Gasteiger partial charge is 0.465 e. The molecule has 0 fully saturated rings. The Morgan fingerprint density at radius 1 is 1.31 bits per heavy atom. The van der Waals surface area contributed by atoms with Crippen LogP contribution in [0.15, 0.2) is 0 Å². The normalized spacial score (nSPS) is 10.5. The lowest BCUT2D eigenvalue weighted by molar-refractivity contribution is -0.144. The number of esters is 1. The minimum absolute atomic E-state index is 0.218. The van der Waals surface area contributed by atoms with Crippen molar-refractivity contribution in [3.63, 3.8) is 0 Å². The monoisotopic (exact) mass is 189 g/mol. The van der Waals surface area contributed by atoms with Crippen molar-refractivity contribution in [1.82, 2.24) is 4.90 Å². The number of nitrogens with zero attached hydrogens (tertiary/aromatic N) is 1. The van der Waals surface area contributed by atoms with E-state index < -0.39 is 0 Å². The third kappa shape index (κ3) is 6.51. The SMILES string of the molecule is CCOC(=O)CN(CCN)CCN. The smallest absolute Gasteiger partial charge is 0.320 e. The molecule has 4 N–H and O–H groups in total. The molecule has 13 heavy (non-hydrogen) atoms. The van der Waals surface area contributed by atoms with Gasteiger partial charge in [0.2, 0.25) is 0 Å². The molecule has 5 heteroatoms. The highest BCUT2D eigenvalue weighted by Crippen LogP contribution is 1.88. The van der Waals surface area contributed by atoms with E-state index in [-0.39, 0.29) is 12.5 Å². The van der Waals surface area contributed by atoms with Gasteiger partial charge in [-0.1, -0.05) is 0 Å². The molecule has 0 rings (SSSR count). The van der Waals surface area contributed by atoms with Crippen molar-refractivity contribution in [3.8, 4) is 0 Å². The van der Waals surface area contributed by atoms with Crippen molar-refractivity contribution in [2.24, 2.45) is 11.5 Å². The highest BCUT2D eigenvalue weighted by Gasteiger charge is 2.09. The first-order valence-electron chi connectivity index (χ1n) is 4.52. The maximum Gasteiger partial charge on any atom is 0.320 e. The van der Waals surface area contributed by atoms with E-state index in [4.69, 9.17) is 16.2 Å². The maximum atomic E-state index is 11.1. The quantitative estimate of drug-likeness (QED) is 0.490. The van der Waals surface area contributed by atoms with E-state index in [1.807, 2.05) is 4.90 Å². The molecule has 5 nitrogen and oxygen atoms in total. The Hall–Kier alpha value is -0.650. The summed E-state index contributed by atoms with van der Waals surface area (Å²) < 4.78 is 4.80. The Labute approximate surface area is 79.0 Å². The number of carbonyl (C=O) groups excluding carboxylic acids is 1. The molecule has 0 heterocycles. The Balaban J connectivity index is 3.71. The second-order valence-electron chi connectivity index (χ2n) is 2.66. The molecule has 0 aromatic carbocycles. The summed E-state index contributed by atoms with van der Waals surface area (Å²) in [6, 6.07) is 0. The van der Waals surface area contributed by atoms with Crippen LogP contribution >= 0.6 is 0 Å². The van der Waals surface area contributed by atoms with Crippen LogP contribution in [0.2, 0.25) is 0 Å². The molecule has 0 bridgehead atoms. The van der Waals surface area contributed by atoms with Crippen LogP contribution in [0, 0.1) is 0 Å². The van der Waals surface area contributed by atoms with Crippen LogP contribution in [-0.2, 0) is 9.53 Å². The molecule has 0 saturated heterocycles.